The van der Waals surface area contributed by atoms with E-state index in [1.165, 1.54) is 12.1 Å². The maximum atomic E-state index is 13.3. The summed E-state index contributed by atoms with van der Waals surface area (Å²) in [5, 5.41) is 15.3. The largest absolute Gasteiger partial charge is 0.478 e. The molecule has 0 spiro atoms. The number of carboxylic acids is 1. The van der Waals surface area contributed by atoms with Gasteiger partial charge in [-0.05, 0) is 23.6 Å². The molecular weight excluding hydrogens is 332 g/mol. The zero-order chi connectivity index (χ0) is 18.6. The molecule has 6 nitrogen and oxygen atoms in total. The van der Waals surface area contributed by atoms with Crippen LogP contribution in [0.15, 0.2) is 30.5 Å². The van der Waals surface area contributed by atoms with Crippen molar-refractivity contribution in [3.05, 3.63) is 52.8 Å². The van der Waals surface area contributed by atoms with Gasteiger partial charge in [0.1, 0.15) is 5.69 Å². The Morgan fingerprint density at radius 3 is 2.40 bits per heavy atom. The van der Waals surface area contributed by atoms with Crippen LogP contribution < -0.4 is 5.32 Å². The van der Waals surface area contributed by atoms with E-state index < -0.39 is 24.0 Å². The average molecular weight is 351 g/mol. The number of rotatable bonds is 7. The Balaban J connectivity index is 2.10. The second-order valence-electron chi connectivity index (χ2n) is 6.00. The molecule has 1 aromatic heterocycles. The Hall–Kier alpha value is -2.77. The highest BCUT2D eigenvalue weighted by molar-refractivity contribution is 5.95. The molecule has 25 heavy (non-hydrogen) atoms. The van der Waals surface area contributed by atoms with Crippen LogP contribution in [0.5, 0.6) is 0 Å². The van der Waals surface area contributed by atoms with Crippen molar-refractivity contribution >= 4 is 11.9 Å². The number of hydrogen-bond donors (Lipinski definition) is 2. The highest BCUT2D eigenvalue weighted by Gasteiger charge is 2.24. The van der Waals surface area contributed by atoms with E-state index in [1.807, 2.05) is 13.8 Å². The molecule has 8 heteroatoms. The predicted molar refractivity (Wildman–Crippen MR) is 86.6 cm³/mol. The molecule has 0 unspecified atom stereocenters. The maximum Gasteiger partial charge on any atom is 0.335 e. The van der Waals surface area contributed by atoms with Gasteiger partial charge in [0.05, 0.1) is 17.3 Å². The fraction of sp³-hybridized carbons (Fsp3) is 0.353. The third kappa shape index (κ3) is 4.62. The van der Waals surface area contributed by atoms with Crippen molar-refractivity contribution in [3.63, 3.8) is 0 Å². The molecule has 2 aromatic rings. The molecule has 0 radical (unpaired) electrons. The van der Waals surface area contributed by atoms with Crippen LogP contribution in [0.3, 0.4) is 0 Å². The number of aromatic nitrogens is 2. The number of nitrogens with one attached hydrogen (secondary N) is 1. The second kappa shape index (κ2) is 7.87. The summed E-state index contributed by atoms with van der Waals surface area (Å²) in [4.78, 5) is 23.0. The van der Waals surface area contributed by atoms with Gasteiger partial charge in [0.25, 0.3) is 12.3 Å². The van der Waals surface area contributed by atoms with Crippen molar-refractivity contribution in [3.8, 4) is 0 Å². The van der Waals surface area contributed by atoms with Gasteiger partial charge in [0.2, 0.25) is 0 Å². The van der Waals surface area contributed by atoms with Gasteiger partial charge in [-0.2, -0.15) is 5.10 Å². The summed E-state index contributed by atoms with van der Waals surface area (Å²) < 4.78 is 27.8. The number of carbonyl (C=O) groups excluding carboxylic acids is 1. The molecule has 0 fully saturated rings. The van der Waals surface area contributed by atoms with Crippen molar-refractivity contribution < 1.29 is 23.5 Å². The normalized spacial score (nSPS) is 11.1. The molecule has 0 bridgehead atoms. The summed E-state index contributed by atoms with van der Waals surface area (Å²) in [5.74, 6) is -1.58. The third-order valence-electron chi connectivity index (χ3n) is 3.52. The van der Waals surface area contributed by atoms with Gasteiger partial charge in [-0.25, -0.2) is 13.6 Å². The van der Waals surface area contributed by atoms with E-state index in [0.29, 0.717) is 12.1 Å². The number of carboxylic acid groups (broad SMARTS) is 1. The van der Waals surface area contributed by atoms with Crippen molar-refractivity contribution in [1.82, 2.24) is 15.1 Å². The molecule has 0 aliphatic heterocycles. The molecular formula is C17H19F2N3O3. The first-order chi connectivity index (χ1) is 11.8. The highest BCUT2D eigenvalue weighted by atomic mass is 19.3. The van der Waals surface area contributed by atoms with Gasteiger partial charge >= 0.3 is 5.97 Å². The van der Waals surface area contributed by atoms with Crippen molar-refractivity contribution in [1.29, 1.82) is 0 Å². The summed E-state index contributed by atoms with van der Waals surface area (Å²) in [5.41, 5.74) is 0.238. The van der Waals surface area contributed by atoms with Gasteiger partial charge in [0, 0.05) is 13.1 Å². The summed E-state index contributed by atoms with van der Waals surface area (Å²) in [6, 6.07) is 5.93. The first kappa shape index (κ1) is 18.6. The number of benzene rings is 1. The van der Waals surface area contributed by atoms with Crippen molar-refractivity contribution in [2.75, 3.05) is 0 Å². The van der Waals surface area contributed by atoms with Crippen LogP contribution in [0, 0.1) is 5.92 Å². The molecule has 0 saturated carbocycles. The monoisotopic (exact) mass is 351 g/mol. The van der Waals surface area contributed by atoms with E-state index in [-0.39, 0.29) is 23.6 Å². The number of amides is 1. The Morgan fingerprint density at radius 2 is 1.88 bits per heavy atom. The first-order valence-electron chi connectivity index (χ1n) is 7.74. The van der Waals surface area contributed by atoms with Crippen LogP contribution in [0.1, 0.15) is 52.2 Å². The molecule has 2 rings (SSSR count). The minimum Gasteiger partial charge on any atom is -0.478 e. The molecule has 1 aromatic carbocycles. The minimum atomic E-state index is -2.81. The minimum absolute atomic E-state index is 0.0940. The molecule has 0 aliphatic carbocycles. The number of nitrogens with zero attached hydrogens (tertiary/aromatic N) is 2. The molecule has 0 atom stereocenters. The quantitative estimate of drug-likeness (QED) is 0.803. The Labute approximate surface area is 143 Å². The Morgan fingerprint density at radius 1 is 1.24 bits per heavy atom. The fourth-order valence-corrected chi connectivity index (χ4v) is 2.33. The smallest absolute Gasteiger partial charge is 0.335 e. The SMILES string of the molecule is CC(C)Cn1ncc(C(=O)NCc2ccc(C(=O)O)cc2)c1C(F)F. The summed E-state index contributed by atoms with van der Waals surface area (Å²) >= 11 is 0. The third-order valence-corrected chi connectivity index (χ3v) is 3.52. The van der Waals surface area contributed by atoms with E-state index in [0.717, 1.165) is 10.9 Å². The van der Waals surface area contributed by atoms with Gasteiger partial charge in [-0.15, -0.1) is 0 Å². The Kier molecular flexibility index (Phi) is 5.84. The van der Waals surface area contributed by atoms with Crippen LogP contribution in [0.25, 0.3) is 0 Å². The average Bonchev–Trinajstić information content (AvgIpc) is 2.96. The van der Waals surface area contributed by atoms with E-state index in [2.05, 4.69) is 10.4 Å². The lowest BCUT2D eigenvalue weighted by atomic mass is 10.1. The standard InChI is InChI=1S/C17H19F2N3O3/c1-10(2)9-22-14(15(18)19)13(8-21-22)16(23)20-7-11-3-5-12(6-4-11)17(24)25/h3-6,8,10,15H,7,9H2,1-2H3,(H,20,23)(H,24,25). The number of carbonyl (C=O) groups is 2. The van der Waals surface area contributed by atoms with Crippen molar-refractivity contribution in [2.24, 2.45) is 5.92 Å². The van der Waals surface area contributed by atoms with Gasteiger partial charge < -0.3 is 10.4 Å². The van der Waals surface area contributed by atoms with Crippen LogP contribution in [-0.2, 0) is 13.1 Å². The zero-order valence-corrected chi connectivity index (χ0v) is 13.9. The lowest BCUT2D eigenvalue weighted by Gasteiger charge is -2.11. The van der Waals surface area contributed by atoms with E-state index in [4.69, 9.17) is 5.11 Å². The van der Waals surface area contributed by atoms with Gasteiger partial charge in [-0.3, -0.25) is 9.48 Å². The van der Waals surface area contributed by atoms with E-state index in [1.54, 1.807) is 12.1 Å². The predicted octanol–water partition coefficient (Wildman–Crippen LogP) is 3.10. The molecule has 1 heterocycles. The second-order valence-corrected chi connectivity index (χ2v) is 6.00. The zero-order valence-electron chi connectivity index (χ0n) is 13.9. The number of alkyl halides is 2. The lowest BCUT2D eigenvalue weighted by Crippen LogP contribution is -2.24. The summed E-state index contributed by atoms with van der Waals surface area (Å²) in [6.45, 7) is 4.13. The topological polar surface area (TPSA) is 84.2 Å². The molecule has 0 saturated heterocycles. The fourth-order valence-electron chi connectivity index (χ4n) is 2.33. The molecule has 0 aliphatic rings. The molecule has 2 N–H and O–H groups in total. The van der Waals surface area contributed by atoms with Crippen LogP contribution >= 0.6 is 0 Å². The number of aromatic carboxylic acids is 1. The van der Waals surface area contributed by atoms with E-state index in [9.17, 15) is 18.4 Å². The van der Waals surface area contributed by atoms with Crippen LogP contribution in [-0.4, -0.2) is 26.8 Å². The molecule has 134 valence electrons. The summed E-state index contributed by atoms with van der Waals surface area (Å²) in [7, 11) is 0. The lowest BCUT2D eigenvalue weighted by molar-refractivity contribution is 0.0696. The number of halogens is 2. The van der Waals surface area contributed by atoms with Crippen LogP contribution in [0.2, 0.25) is 0 Å². The number of hydrogen-bond acceptors (Lipinski definition) is 3. The summed E-state index contributed by atoms with van der Waals surface area (Å²) in [6.07, 6.45) is -1.66. The van der Waals surface area contributed by atoms with Crippen LogP contribution in [0.4, 0.5) is 8.78 Å². The Bertz CT molecular complexity index is 755. The highest BCUT2D eigenvalue weighted by Crippen LogP contribution is 2.23. The maximum absolute atomic E-state index is 13.3. The van der Waals surface area contributed by atoms with Gasteiger partial charge in [0.15, 0.2) is 0 Å². The van der Waals surface area contributed by atoms with Crippen molar-refractivity contribution in [2.45, 2.75) is 33.4 Å². The van der Waals surface area contributed by atoms with Gasteiger partial charge in [-0.1, -0.05) is 26.0 Å². The molecule has 1 amide bonds. The van der Waals surface area contributed by atoms with E-state index >= 15 is 0 Å². The first-order valence-corrected chi connectivity index (χ1v) is 7.74.